The molecule has 0 radical (unpaired) electrons. The molecule has 6 rings (SSSR count). The third-order valence-electron chi connectivity index (χ3n) is 9.17. The summed E-state index contributed by atoms with van der Waals surface area (Å²) in [7, 11) is 2.13. The third kappa shape index (κ3) is 5.16. The van der Waals surface area contributed by atoms with Crippen molar-refractivity contribution in [1.29, 1.82) is 0 Å². The minimum absolute atomic E-state index is 0.108. The summed E-state index contributed by atoms with van der Waals surface area (Å²) < 4.78 is 0. The van der Waals surface area contributed by atoms with Gasteiger partial charge in [0.05, 0.1) is 34.0 Å². The van der Waals surface area contributed by atoms with Gasteiger partial charge in [-0.05, 0) is 105 Å². The molecule has 0 unspecified atom stereocenters. The number of nitrogens with one attached hydrogen (secondary N) is 1. The molecular weight excluding hydrogens is 581 g/mol. The van der Waals surface area contributed by atoms with Gasteiger partial charge in [-0.3, -0.25) is 4.98 Å². The van der Waals surface area contributed by atoms with Crippen molar-refractivity contribution in [2.75, 3.05) is 34.8 Å². The van der Waals surface area contributed by atoms with Gasteiger partial charge in [0.25, 0.3) is 0 Å². The largest absolute Gasteiger partial charge is 0.370 e. The summed E-state index contributed by atoms with van der Waals surface area (Å²) in [5.74, 6) is 1.27. The second-order valence-corrected chi connectivity index (χ2v) is 14.1. The zero-order chi connectivity index (χ0) is 29.9. The number of aromatic nitrogens is 1. The van der Waals surface area contributed by atoms with Crippen LogP contribution in [0.25, 0.3) is 5.57 Å². The van der Waals surface area contributed by atoms with Gasteiger partial charge in [0.1, 0.15) is 0 Å². The summed E-state index contributed by atoms with van der Waals surface area (Å²) >= 11 is 20.2. The number of allylic oxidation sites excluding steroid dienone is 1. The highest BCUT2D eigenvalue weighted by Gasteiger charge is 2.43. The lowest BCUT2D eigenvalue weighted by molar-refractivity contribution is 0.357. The number of benzene rings is 2. The van der Waals surface area contributed by atoms with Crippen molar-refractivity contribution in [2.24, 2.45) is 11.8 Å². The highest BCUT2D eigenvalue weighted by molar-refractivity contribution is 7.80. The van der Waals surface area contributed by atoms with Crippen LogP contribution in [0.3, 0.4) is 0 Å². The molecule has 2 aromatic carbocycles. The predicted octanol–water partition coefficient (Wildman–Crippen LogP) is 8.68. The molecule has 3 aliphatic rings. The molecule has 4 atom stereocenters. The number of rotatable bonds is 4. The standard InChI is InChI=1S/C34H39Cl2N5S/c1-20-13-21(2)19-40(18-20)29-11-10-23(14-27(29)36)41-32(31(38-33(41)42)28-9-7-8-12-37-28)25-15-24-22(3)17-34(4,5)39(6)30(24)16-26(25)35/h7-12,14-17,20-21,31-32H,13,18-19H2,1-6H3,(H,38,42)/t20-,21-,31+,32-/m1/s1. The first-order valence-corrected chi connectivity index (χ1v) is 15.9. The summed E-state index contributed by atoms with van der Waals surface area (Å²) in [6, 6.07) is 16.2. The number of piperidine rings is 1. The summed E-state index contributed by atoms with van der Waals surface area (Å²) in [5.41, 5.74) is 7.34. The Bertz CT molecular complexity index is 1540. The molecule has 3 aromatic rings. The fourth-order valence-corrected chi connectivity index (χ4v) is 8.04. The van der Waals surface area contributed by atoms with E-state index in [2.05, 4.69) is 98.1 Å². The quantitative estimate of drug-likeness (QED) is 0.294. The fourth-order valence-electron chi connectivity index (χ4n) is 7.13. The Morgan fingerprint density at radius 2 is 1.71 bits per heavy atom. The Morgan fingerprint density at radius 3 is 2.38 bits per heavy atom. The molecule has 3 aliphatic heterocycles. The van der Waals surface area contributed by atoms with E-state index < -0.39 is 0 Å². The second-order valence-electron chi connectivity index (χ2n) is 12.9. The molecule has 42 heavy (non-hydrogen) atoms. The van der Waals surface area contributed by atoms with Crippen LogP contribution in [-0.4, -0.2) is 35.8 Å². The van der Waals surface area contributed by atoms with Crippen LogP contribution in [0.15, 0.2) is 60.8 Å². The number of fused-ring (bicyclic) bond motifs is 1. The van der Waals surface area contributed by atoms with Crippen LogP contribution in [0.4, 0.5) is 17.1 Å². The Morgan fingerprint density at radius 1 is 0.976 bits per heavy atom. The van der Waals surface area contributed by atoms with Gasteiger partial charge in [0.2, 0.25) is 0 Å². The molecule has 2 saturated heterocycles. The van der Waals surface area contributed by atoms with E-state index in [-0.39, 0.29) is 17.6 Å². The van der Waals surface area contributed by atoms with Crippen molar-refractivity contribution in [1.82, 2.24) is 10.3 Å². The monoisotopic (exact) mass is 619 g/mol. The maximum Gasteiger partial charge on any atom is 0.174 e. The molecule has 5 nitrogen and oxygen atoms in total. The maximum absolute atomic E-state index is 7.19. The van der Waals surface area contributed by atoms with Gasteiger partial charge in [-0.2, -0.15) is 0 Å². The molecule has 1 N–H and O–H groups in total. The molecule has 1 aromatic heterocycles. The number of thiocarbonyl (C=S) groups is 1. The average molecular weight is 621 g/mol. The topological polar surface area (TPSA) is 34.6 Å². The highest BCUT2D eigenvalue weighted by atomic mass is 35.5. The molecular formula is C34H39Cl2N5S. The van der Waals surface area contributed by atoms with Gasteiger partial charge < -0.3 is 20.0 Å². The van der Waals surface area contributed by atoms with Crippen LogP contribution in [-0.2, 0) is 0 Å². The number of likely N-dealkylation sites (N-methyl/N-ethyl adjacent to an activating group) is 1. The van der Waals surface area contributed by atoms with E-state index in [1.165, 1.54) is 17.6 Å². The summed E-state index contributed by atoms with van der Waals surface area (Å²) in [6.07, 6.45) is 5.39. The fraction of sp³-hybridized carbons (Fsp3) is 0.412. The number of hydrogen-bond acceptors (Lipinski definition) is 4. The summed E-state index contributed by atoms with van der Waals surface area (Å²) in [6.45, 7) is 13.3. The van der Waals surface area contributed by atoms with Gasteiger partial charge in [-0.25, -0.2) is 0 Å². The Labute approximate surface area is 265 Å². The normalized spacial score (nSPS) is 25.3. The summed E-state index contributed by atoms with van der Waals surface area (Å²) in [5, 5.41) is 5.63. The van der Waals surface area contributed by atoms with Gasteiger partial charge in [-0.15, -0.1) is 0 Å². The Hall–Kier alpha value is -2.80. The SMILES string of the molecule is CC1=CC(C)(C)N(C)c2cc(Cl)c([C@@H]3[C@H](c4ccccn4)NC(=S)N3c3ccc(N4C[C@H](C)C[C@@H](C)C4)c(Cl)c3)cc21. The van der Waals surface area contributed by atoms with Gasteiger partial charge in [0.15, 0.2) is 5.11 Å². The van der Waals surface area contributed by atoms with Crippen LogP contribution in [0.1, 0.15) is 69.9 Å². The third-order valence-corrected chi connectivity index (χ3v) is 10.1. The second kappa shape index (κ2) is 11.0. The van der Waals surface area contributed by atoms with Crippen molar-refractivity contribution in [2.45, 2.75) is 58.7 Å². The van der Waals surface area contributed by atoms with Gasteiger partial charge in [-0.1, -0.05) is 49.2 Å². The van der Waals surface area contributed by atoms with E-state index in [0.29, 0.717) is 22.0 Å². The number of nitrogens with zero attached hydrogens (tertiary/aromatic N) is 4. The molecule has 0 bridgehead atoms. The van der Waals surface area contributed by atoms with Crippen molar-refractivity contribution in [3.63, 3.8) is 0 Å². The molecule has 4 heterocycles. The van der Waals surface area contributed by atoms with Crippen molar-refractivity contribution >= 4 is 63.2 Å². The number of anilines is 3. The van der Waals surface area contributed by atoms with E-state index in [1.54, 1.807) is 0 Å². The molecule has 0 spiro atoms. The number of pyridine rings is 1. The number of hydrogen-bond donors (Lipinski definition) is 1. The first-order valence-electron chi connectivity index (χ1n) is 14.8. The molecule has 0 amide bonds. The smallest absolute Gasteiger partial charge is 0.174 e. The zero-order valence-corrected chi connectivity index (χ0v) is 27.5. The van der Waals surface area contributed by atoms with E-state index in [0.717, 1.165) is 46.4 Å². The lowest BCUT2D eigenvalue weighted by atomic mass is 9.86. The van der Waals surface area contributed by atoms with Gasteiger partial charge >= 0.3 is 0 Å². The molecule has 2 fully saturated rings. The predicted molar refractivity (Wildman–Crippen MR) is 182 cm³/mol. The van der Waals surface area contributed by atoms with E-state index in [4.69, 9.17) is 40.4 Å². The first-order chi connectivity index (χ1) is 19.9. The average Bonchev–Trinajstić information content (AvgIpc) is 3.28. The van der Waals surface area contributed by atoms with E-state index in [1.807, 2.05) is 24.4 Å². The number of halogens is 2. The van der Waals surface area contributed by atoms with E-state index >= 15 is 0 Å². The summed E-state index contributed by atoms with van der Waals surface area (Å²) in [4.78, 5) is 11.6. The first kappa shape index (κ1) is 29.3. The van der Waals surface area contributed by atoms with Crippen LogP contribution in [0.5, 0.6) is 0 Å². The molecule has 0 saturated carbocycles. The minimum Gasteiger partial charge on any atom is -0.370 e. The van der Waals surface area contributed by atoms with Crippen molar-refractivity contribution < 1.29 is 0 Å². The van der Waals surface area contributed by atoms with Gasteiger partial charge in [0, 0.05) is 48.3 Å². The molecule has 8 heteroatoms. The Balaban J connectivity index is 1.46. The molecule has 0 aliphatic carbocycles. The Kier molecular flexibility index (Phi) is 7.70. The maximum atomic E-state index is 7.19. The van der Waals surface area contributed by atoms with E-state index in [9.17, 15) is 0 Å². The minimum atomic E-state index is -0.227. The van der Waals surface area contributed by atoms with Crippen LogP contribution < -0.4 is 20.0 Å². The van der Waals surface area contributed by atoms with Crippen molar-refractivity contribution in [3.05, 3.63) is 87.7 Å². The highest BCUT2D eigenvalue weighted by Crippen LogP contribution is 2.48. The molecule has 220 valence electrons. The van der Waals surface area contributed by atoms with Crippen LogP contribution >= 0.6 is 35.4 Å². The van der Waals surface area contributed by atoms with Crippen molar-refractivity contribution in [3.8, 4) is 0 Å². The lowest BCUT2D eigenvalue weighted by Gasteiger charge is -2.41. The van der Waals surface area contributed by atoms with Crippen LogP contribution in [0.2, 0.25) is 10.0 Å². The lowest BCUT2D eigenvalue weighted by Crippen LogP contribution is -2.42. The van der Waals surface area contributed by atoms with Crippen LogP contribution in [0, 0.1) is 11.8 Å². The zero-order valence-electron chi connectivity index (χ0n) is 25.2.